The lowest BCUT2D eigenvalue weighted by atomic mass is 10.2. The predicted octanol–water partition coefficient (Wildman–Crippen LogP) is 0.802. The van der Waals surface area contributed by atoms with Crippen molar-refractivity contribution < 1.29 is 13.2 Å². The van der Waals surface area contributed by atoms with E-state index in [1.165, 1.54) is 0 Å². The molecule has 0 bridgehead atoms. The SMILES string of the molecule is Cc1ccc(S(=O)(=O)NCCC(=O)N2CCN(c3ncccn3)CC2)cc1. The highest BCUT2D eigenvalue weighted by Crippen LogP contribution is 2.12. The quantitative estimate of drug-likeness (QED) is 0.785. The number of anilines is 1. The lowest BCUT2D eigenvalue weighted by Gasteiger charge is -2.34. The zero-order valence-electron chi connectivity index (χ0n) is 15.2. The third-order valence-electron chi connectivity index (χ3n) is 4.43. The molecule has 0 radical (unpaired) electrons. The molecule has 144 valence electrons. The number of amides is 1. The molecule has 3 rings (SSSR count). The number of rotatable bonds is 6. The summed E-state index contributed by atoms with van der Waals surface area (Å²) in [5.74, 6) is 0.602. The predicted molar refractivity (Wildman–Crippen MR) is 102 cm³/mol. The van der Waals surface area contributed by atoms with Crippen LogP contribution in [0.15, 0.2) is 47.6 Å². The Hall–Kier alpha value is -2.52. The fourth-order valence-corrected chi connectivity index (χ4v) is 3.89. The molecule has 0 atom stereocenters. The molecule has 0 saturated carbocycles. The van der Waals surface area contributed by atoms with E-state index in [2.05, 4.69) is 14.7 Å². The van der Waals surface area contributed by atoms with Crippen LogP contribution in [0.4, 0.5) is 5.95 Å². The summed E-state index contributed by atoms with van der Waals surface area (Å²) in [6.45, 7) is 4.43. The van der Waals surface area contributed by atoms with Crippen molar-refractivity contribution in [1.82, 2.24) is 19.6 Å². The molecule has 1 aliphatic heterocycles. The molecule has 1 aliphatic rings. The number of benzene rings is 1. The second-order valence-corrected chi connectivity index (χ2v) is 8.14. The summed E-state index contributed by atoms with van der Waals surface area (Å²) >= 11 is 0. The number of hydrogen-bond acceptors (Lipinski definition) is 6. The van der Waals surface area contributed by atoms with Gasteiger partial charge >= 0.3 is 0 Å². The van der Waals surface area contributed by atoms with E-state index in [1.807, 2.05) is 11.8 Å². The summed E-state index contributed by atoms with van der Waals surface area (Å²) in [6.07, 6.45) is 3.52. The molecule has 27 heavy (non-hydrogen) atoms. The van der Waals surface area contributed by atoms with Gasteiger partial charge in [0.15, 0.2) is 0 Å². The van der Waals surface area contributed by atoms with E-state index in [1.54, 1.807) is 47.6 Å². The first kappa shape index (κ1) is 19.2. The third-order valence-corrected chi connectivity index (χ3v) is 5.91. The van der Waals surface area contributed by atoms with Gasteiger partial charge in [0, 0.05) is 51.5 Å². The molecular formula is C18H23N5O3S. The van der Waals surface area contributed by atoms with Gasteiger partial charge in [0.1, 0.15) is 0 Å². The van der Waals surface area contributed by atoms with E-state index in [4.69, 9.17) is 0 Å². The van der Waals surface area contributed by atoms with Crippen LogP contribution in [0.2, 0.25) is 0 Å². The molecule has 1 amide bonds. The molecule has 8 nitrogen and oxygen atoms in total. The van der Waals surface area contributed by atoms with Crippen molar-refractivity contribution in [2.24, 2.45) is 0 Å². The van der Waals surface area contributed by atoms with Gasteiger partial charge in [-0.15, -0.1) is 0 Å². The van der Waals surface area contributed by atoms with Crippen LogP contribution in [0.1, 0.15) is 12.0 Å². The number of sulfonamides is 1. The molecule has 0 aliphatic carbocycles. The lowest BCUT2D eigenvalue weighted by molar-refractivity contribution is -0.131. The minimum absolute atomic E-state index is 0.0600. The van der Waals surface area contributed by atoms with E-state index in [9.17, 15) is 13.2 Å². The molecule has 1 saturated heterocycles. The Kier molecular flexibility index (Phi) is 6.02. The number of aryl methyl sites for hydroxylation is 1. The fraction of sp³-hybridized carbons (Fsp3) is 0.389. The molecule has 0 spiro atoms. The first-order valence-corrected chi connectivity index (χ1v) is 10.3. The number of carbonyl (C=O) groups excluding carboxylic acids is 1. The Labute approximate surface area is 159 Å². The number of nitrogens with zero attached hydrogens (tertiary/aromatic N) is 4. The van der Waals surface area contributed by atoms with Gasteiger partial charge in [-0.1, -0.05) is 17.7 Å². The van der Waals surface area contributed by atoms with Crippen molar-refractivity contribution in [2.45, 2.75) is 18.2 Å². The molecule has 2 aromatic rings. The summed E-state index contributed by atoms with van der Waals surface area (Å²) in [5, 5.41) is 0. The highest BCUT2D eigenvalue weighted by molar-refractivity contribution is 7.89. The van der Waals surface area contributed by atoms with Crippen molar-refractivity contribution >= 4 is 21.9 Å². The van der Waals surface area contributed by atoms with Gasteiger partial charge in [-0.25, -0.2) is 23.1 Å². The molecule has 2 heterocycles. The van der Waals surface area contributed by atoms with Gasteiger partial charge in [0.25, 0.3) is 0 Å². The topological polar surface area (TPSA) is 95.5 Å². The van der Waals surface area contributed by atoms with Crippen molar-refractivity contribution in [3.05, 3.63) is 48.3 Å². The van der Waals surface area contributed by atoms with Crippen LogP contribution in [0.5, 0.6) is 0 Å². The fourth-order valence-electron chi connectivity index (χ4n) is 2.86. The summed E-state index contributed by atoms with van der Waals surface area (Å²) in [6, 6.07) is 8.38. The molecular weight excluding hydrogens is 366 g/mol. The third kappa shape index (κ3) is 5.01. The normalized spacial score (nSPS) is 15.0. The highest BCUT2D eigenvalue weighted by atomic mass is 32.2. The standard InChI is InChI=1S/C18H23N5O3S/c1-15-3-5-16(6-4-15)27(25,26)21-10-7-17(24)22-11-13-23(14-12-22)18-19-8-2-9-20-18/h2-6,8-9,21H,7,10-14H2,1H3. The Morgan fingerprint density at radius 2 is 1.70 bits per heavy atom. The summed E-state index contributed by atoms with van der Waals surface area (Å²) in [7, 11) is -3.59. The van der Waals surface area contributed by atoms with E-state index >= 15 is 0 Å². The van der Waals surface area contributed by atoms with Gasteiger partial charge < -0.3 is 9.80 Å². The van der Waals surface area contributed by atoms with E-state index in [0.717, 1.165) is 5.56 Å². The lowest BCUT2D eigenvalue weighted by Crippen LogP contribution is -2.49. The number of hydrogen-bond donors (Lipinski definition) is 1. The van der Waals surface area contributed by atoms with E-state index in [0.29, 0.717) is 32.1 Å². The van der Waals surface area contributed by atoms with Gasteiger partial charge in [0.2, 0.25) is 21.9 Å². The van der Waals surface area contributed by atoms with E-state index in [-0.39, 0.29) is 23.8 Å². The first-order valence-electron chi connectivity index (χ1n) is 8.82. The van der Waals surface area contributed by atoms with Crippen LogP contribution >= 0.6 is 0 Å². The summed E-state index contributed by atoms with van der Waals surface area (Å²) in [4.78, 5) is 24.8. The summed E-state index contributed by atoms with van der Waals surface area (Å²) < 4.78 is 27.0. The molecule has 0 unspecified atom stereocenters. The minimum Gasteiger partial charge on any atom is -0.339 e. The Balaban J connectivity index is 1.45. The summed E-state index contributed by atoms with van der Waals surface area (Å²) in [5.41, 5.74) is 0.990. The van der Waals surface area contributed by atoms with Crippen LogP contribution in [-0.4, -0.2) is 61.9 Å². The van der Waals surface area contributed by atoms with Crippen molar-refractivity contribution in [3.63, 3.8) is 0 Å². The second-order valence-electron chi connectivity index (χ2n) is 6.38. The zero-order valence-corrected chi connectivity index (χ0v) is 16.0. The van der Waals surface area contributed by atoms with Crippen LogP contribution < -0.4 is 9.62 Å². The molecule has 1 fully saturated rings. The maximum absolute atomic E-state index is 12.3. The van der Waals surface area contributed by atoms with Crippen LogP contribution in [0.3, 0.4) is 0 Å². The van der Waals surface area contributed by atoms with Crippen LogP contribution in [0.25, 0.3) is 0 Å². The van der Waals surface area contributed by atoms with Gasteiger partial charge in [-0.05, 0) is 25.1 Å². The van der Waals surface area contributed by atoms with Crippen molar-refractivity contribution in [1.29, 1.82) is 0 Å². The number of aromatic nitrogens is 2. The van der Waals surface area contributed by atoms with Gasteiger partial charge in [-0.3, -0.25) is 4.79 Å². The van der Waals surface area contributed by atoms with Crippen molar-refractivity contribution in [2.75, 3.05) is 37.6 Å². The smallest absolute Gasteiger partial charge is 0.240 e. The monoisotopic (exact) mass is 389 g/mol. The van der Waals surface area contributed by atoms with Gasteiger partial charge in [0.05, 0.1) is 4.90 Å². The average Bonchev–Trinajstić information content (AvgIpc) is 2.69. The molecule has 1 aromatic heterocycles. The number of carbonyl (C=O) groups is 1. The zero-order chi connectivity index (χ0) is 19.3. The maximum Gasteiger partial charge on any atom is 0.240 e. The number of piperazine rings is 1. The maximum atomic E-state index is 12.3. The largest absolute Gasteiger partial charge is 0.339 e. The average molecular weight is 389 g/mol. The van der Waals surface area contributed by atoms with Crippen molar-refractivity contribution in [3.8, 4) is 0 Å². The Morgan fingerprint density at radius 3 is 2.33 bits per heavy atom. The first-order chi connectivity index (χ1) is 13.0. The molecule has 9 heteroatoms. The second kappa shape index (κ2) is 8.45. The number of nitrogens with one attached hydrogen (secondary N) is 1. The highest BCUT2D eigenvalue weighted by Gasteiger charge is 2.22. The minimum atomic E-state index is -3.59. The van der Waals surface area contributed by atoms with E-state index < -0.39 is 10.0 Å². The van der Waals surface area contributed by atoms with Crippen LogP contribution in [0, 0.1) is 6.92 Å². The Morgan fingerprint density at radius 1 is 1.07 bits per heavy atom. The Bertz CT molecular complexity index is 864. The molecule has 1 aromatic carbocycles. The van der Waals surface area contributed by atoms with Crippen LogP contribution in [-0.2, 0) is 14.8 Å². The van der Waals surface area contributed by atoms with Gasteiger partial charge in [-0.2, -0.15) is 0 Å². The molecule has 1 N–H and O–H groups in total.